The molecule has 1 unspecified atom stereocenters. The van der Waals surface area contributed by atoms with E-state index in [1.165, 1.54) is 24.3 Å². The minimum atomic E-state index is -3.81. The monoisotopic (exact) mass is 520 g/mol. The molecule has 1 saturated carbocycles. The van der Waals surface area contributed by atoms with E-state index in [1.54, 1.807) is 10.8 Å². The third kappa shape index (κ3) is 6.72. The van der Waals surface area contributed by atoms with Crippen molar-refractivity contribution in [3.8, 4) is 0 Å². The van der Waals surface area contributed by atoms with Crippen LogP contribution >= 0.6 is 0 Å². The minimum Gasteiger partial charge on any atom is -0.376 e. The number of sulfone groups is 1. The topological polar surface area (TPSA) is 84.7 Å². The largest absolute Gasteiger partial charge is 0.376 e. The Balaban J connectivity index is 1.63. The van der Waals surface area contributed by atoms with Crippen LogP contribution in [0.3, 0.4) is 0 Å². The molecular formula is C26H37FN4O4S. The number of imidazole rings is 1. The summed E-state index contributed by atoms with van der Waals surface area (Å²) in [6.07, 6.45) is 7.21. The molecule has 2 aromatic rings. The van der Waals surface area contributed by atoms with Gasteiger partial charge in [0.25, 0.3) is 0 Å². The van der Waals surface area contributed by atoms with E-state index >= 15 is 0 Å². The van der Waals surface area contributed by atoms with E-state index < -0.39 is 15.7 Å². The van der Waals surface area contributed by atoms with Crippen molar-refractivity contribution in [2.24, 2.45) is 5.92 Å². The summed E-state index contributed by atoms with van der Waals surface area (Å²) in [5.41, 5.74) is 1.18. The molecule has 1 atom stereocenters. The molecule has 10 heteroatoms. The van der Waals surface area contributed by atoms with Gasteiger partial charge in [-0.1, -0.05) is 25.0 Å². The van der Waals surface area contributed by atoms with Crippen LogP contribution in [-0.2, 0) is 38.2 Å². The molecular weight excluding hydrogens is 483 g/mol. The van der Waals surface area contributed by atoms with Crippen LogP contribution in [0.4, 0.5) is 4.39 Å². The highest BCUT2D eigenvalue weighted by Crippen LogP contribution is 2.28. The third-order valence-corrected chi connectivity index (χ3v) is 8.64. The molecule has 198 valence electrons. The summed E-state index contributed by atoms with van der Waals surface area (Å²) >= 11 is 0. The van der Waals surface area contributed by atoms with Crippen LogP contribution in [0, 0.1) is 11.7 Å². The van der Waals surface area contributed by atoms with Crippen LogP contribution in [0.15, 0.2) is 35.6 Å². The maximum Gasteiger partial charge on any atom is 0.228 e. The maximum absolute atomic E-state index is 13.4. The number of hydrogen-bond acceptors (Lipinski definition) is 6. The smallest absolute Gasteiger partial charge is 0.228 e. The van der Waals surface area contributed by atoms with Gasteiger partial charge < -0.3 is 19.1 Å². The Kier molecular flexibility index (Phi) is 8.79. The first-order valence-electron chi connectivity index (χ1n) is 12.8. The number of benzene rings is 1. The van der Waals surface area contributed by atoms with Crippen molar-refractivity contribution in [2.45, 2.75) is 68.6 Å². The Morgan fingerprint density at radius 2 is 1.83 bits per heavy atom. The average Bonchev–Trinajstić information content (AvgIpc) is 3.61. The van der Waals surface area contributed by atoms with Crippen molar-refractivity contribution in [1.29, 1.82) is 0 Å². The molecule has 1 aromatic carbocycles. The van der Waals surface area contributed by atoms with Gasteiger partial charge in [0.05, 0.1) is 36.8 Å². The molecule has 0 radical (unpaired) electrons. The fourth-order valence-electron chi connectivity index (χ4n) is 5.03. The van der Waals surface area contributed by atoms with Gasteiger partial charge in [-0.05, 0) is 57.5 Å². The second-order valence-electron chi connectivity index (χ2n) is 10.2. The Morgan fingerprint density at radius 3 is 2.47 bits per heavy atom. The lowest BCUT2D eigenvalue weighted by molar-refractivity contribution is -0.136. The predicted octanol–water partition coefficient (Wildman–Crippen LogP) is 3.26. The van der Waals surface area contributed by atoms with E-state index in [0.717, 1.165) is 38.5 Å². The minimum absolute atomic E-state index is 0.0294. The van der Waals surface area contributed by atoms with Crippen LogP contribution in [0.1, 0.15) is 49.8 Å². The molecule has 0 bridgehead atoms. The molecule has 1 amide bonds. The van der Waals surface area contributed by atoms with E-state index in [9.17, 15) is 17.6 Å². The molecule has 1 aliphatic carbocycles. The number of carbonyl (C=O) groups is 1. The van der Waals surface area contributed by atoms with Gasteiger partial charge in [-0.3, -0.25) is 4.79 Å². The normalized spacial score (nSPS) is 18.8. The first-order chi connectivity index (χ1) is 17.2. The zero-order valence-electron chi connectivity index (χ0n) is 21.2. The van der Waals surface area contributed by atoms with E-state index in [1.807, 2.05) is 23.9 Å². The second-order valence-corrected chi connectivity index (χ2v) is 12.1. The molecule has 36 heavy (non-hydrogen) atoms. The van der Waals surface area contributed by atoms with Gasteiger partial charge in [-0.2, -0.15) is 0 Å². The molecule has 8 nitrogen and oxygen atoms in total. The van der Waals surface area contributed by atoms with Gasteiger partial charge in [-0.25, -0.2) is 17.8 Å². The first kappa shape index (κ1) is 26.8. The van der Waals surface area contributed by atoms with Crippen molar-refractivity contribution in [3.05, 3.63) is 47.5 Å². The summed E-state index contributed by atoms with van der Waals surface area (Å²) in [5, 5.41) is -0.0294. The summed E-state index contributed by atoms with van der Waals surface area (Å²) in [6.45, 7) is 2.60. The molecule has 0 spiro atoms. The first-order valence-corrected chi connectivity index (χ1v) is 14.4. The molecule has 2 heterocycles. The molecule has 0 N–H and O–H groups in total. The van der Waals surface area contributed by atoms with Crippen LogP contribution in [-0.4, -0.2) is 73.6 Å². The van der Waals surface area contributed by atoms with Crippen LogP contribution < -0.4 is 0 Å². The summed E-state index contributed by atoms with van der Waals surface area (Å²) in [7, 11) is 0.132. The Hall–Kier alpha value is -2.30. The van der Waals surface area contributed by atoms with E-state index in [4.69, 9.17) is 4.74 Å². The van der Waals surface area contributed by atoms with Gasteiger partial charge >= 0.3 is 0 Å². The number of rotatable bonds is 11. The van der Waals surface area contributed by atoms with Crippen molar-refractivity contribution < 1.29 is 22.3 Å². The Labute approximate surface area is 213 Å². The van der Waals surface area contributed by atoms with E-state index in [0.29, 0.717) is 44.0 Å². The predicted molar refractivity (Wildman–Crippen MR) is 134 cm³/mol. The fraction of sp³-hybridized carbons (Fsp3) is 0.615. The highest BCUT2D eigenvalue weighted by molar-refractivity contribution is 7.90. The Bertz CT molecular complexity index is 1120. The third-order valence-electron chi connectivity index (χ3n) is 7.05. The van der Waals surface area contributed by atoms with Crippen molar-refractivity contribution in [3.63, 3.8) is 0 Å². The Morgan fingerprint density at radius 1 is 1.11 bits per heavy atom. The van der Waals surface area contributed by atoms with Gasteiger partial charge in [0.15, 0.2) is 0 Å². The summed E-state index contributed by atoms with van der Waals surface area (Å²) in [5.74, 6) is -0.526. The number of aromatic nitrogens is 2. The van der Waals surface area contributed by atoms with Gasteiger partial charge in [0.1, 0.15) is 5.82 Å². The zero-order chi connectivity index (χ0) is 25.7. The van der Waals surface area contributed by atoms with Crippen LogP contribution in [0.25, 0.3) is 0 Å². The van der Waals surface area contributed by atoms with E-state index in [-0.39, 0.29) is 28.8 Å². The summed E-state index contributed by atoms with van der Waals surface area (Å²) in [6, 6.07) is 5.47. The van der Waals surface area contributed by atoms with Crippen LogP contribution in [0.2, 0.25) is 0 Å². The van der Waals surface area contributed by atoms with E-state index in [2.05, 4.69) is 4.98 Å². The van der Waals surface area contributed by atoms with Crippen molar-refractivity contribution in [1.82, 2.24) is 19.4 Å². The SMILES string of the molecule is CN(C)CCN(Cc1cnc(S(=O)(=O)Cc2ccc(F)cc2)n1CC1CCCO1)C(=O)C1CCCC1. The number of likely N-dealkylation sites (N-methyl/N-ethyl adjacent to an activating group) is 1. The van der Waals surface area contributed by atoms with Crippen molar-refractivity contribution in [2.75, 3.05) is 33.8 Å². The highest BCUT2D eigenvalue weighted by Gasteiger charge is 2.31. The molecule has 1 aliphatic heterocycles. The number of nitrogens with zero attached hydrogens (tertiary/aromatic N) is 4. The molecule has 1 aromatic heterocycles. The molecule has 2 aliphatic rings. The maximum atomic E-state index is 13.4. The zero-order valence-corrected chi connectivity index (χ0v) is 22.1. The standard InChI is InChI=1S/C26H37FN4O4S/c1-29(2)13-14-30(25(32)21-6-3-4-7-21)17-23-16-28-26(31(23)18-24-8-5-15-35-24)36(33,34)19-20-9-11-22(27)12-10-20/h9-12,16,21,24H,3-8,13-15,17-19H2,1-2H3. The highest BCUT2D eigenvalue weighted by atomic mass is 32.2. The second kappa shape index (κ2) is 11.8. The molecule has 1 saturated heterocycles. The van der Waals surface area contributed by atoms with Gasteiger partial charge in [-0.15, -0.1) is 0 Å². The fourth-order valence-corrected chi connectivity index (χ4v) is 6.53. The number of halogens is 1. The number of ether oxygens (including phenoxy) is 1. The molecule has 2 fully saturated rings. The average molecular weight is 521 g/mol. The quantitative estimate of drug-likeness (QED) is 0.452. The molecule has 4 rings (SSSR count). The number of hydrogen-bond donors (Lipinski definition) is 0. The van der Waals surface area contributed by atoms with Crippen molar-refractivity contribution >= 4 is 15.7 Å². The number of carbonyl (C=O) groups excluding carboxylic acids is 1. The lowest BCUT2D eigenvalue weighted by atomic mass is 10.1. The van der Waals surface area contributed by atoms with Crippen LogP contribution in [0.5, 0.6) is 0 Å². The lowest BCUT2D eigenvalue weighted by Crippen LogP contribution is -2.40. The summed E-state index contributed by atoms with van der Waals surface area (Å²) < 4.78 is 47.7. The lowest BCUT2D eigenvalue weighted by Gasteiger charge is -2.28. The number of amides is 1. The van der Waals surface area contributed by atoms with Gasteiger partial charge in [0, 0.05) is 25.6 Å². The summed E-state index contributed by atoms with van der Waals surface area (Å²) in [4.78, 5) is 21.6. The van der Waals surface area contributed by atoms with Gasteiger partial charge in [0.2, 0.25) is 20.9 Å².